The summed E-state index contributed by atoms with van der Waals surface area (Å²) >= 11 is 0. The van der Waals surface area contributed by atoms with Crippen LogP contribution in [0.1, 0.15) is 38.2 Å². The molecule has 1 fully saturated rings. The van der Waals surface area contributed by atoms with Crippen molar-refractivity contribution in [1.29, 1.82) is 0 Å². The van der Waals surface area contributed by atoms with Crippen LogP contribution >= 0.6 is 0 Å². The Morgan fingerprint density at radius 3 is 3.00 bits per heavy atom. The molecule has 0 bridgehead atoms. The van der Waals surface area contributed by atoms with Gasteiger partial charge in [0, 0.05) is 19.7 Å². The van der Waals surface area contributed by atoms with Crippen molar-refractivity contribution in [2.75, 3.05) is 20.3 Å². The van der Waals surface area contributed by atoms with Gasteiger partial charge in [0.1, 0.15) is 5.75 Å². The van der Waals surface area contributed by atoms with Gasteiger partial charge in [-0.15, -0.1) is 0 Å². The predicted octanol–water partition coefficient (Wildman–Crippen LogP) is 2.33. The Bertz CT molecular complexity index is 501. The molecule has 0 aliphatic carbocycles. The van der Waals surface area contributed by atoms with E-state index in [1.165, 1.54) is 0 Å². The van der Waals surface area contributed by atoms with Gasteiger partial charge in [0.15, 0.2) is 0 Å². The Morgan fingerprint density at radius 2 is 2.35 bits per heavy atom. The summed E-state index contributed by atoms with van der Waals surface area (Å²) in [6.07, 6.45) is 3.80. The van der Waals surface area contributed by atoms with Crippen LogP contribution in [0.25, 0.3) is 0 Å². The van der Waals surface area contributed by atoms with Gasteiger partial charge in [0.05, 0.1) is 19.3 Å². The summed E-state index contributed by atoms with van der Waals surface area (Å²) in [6, 6.07) is 7.37. The van der Waals surface area contributed by atoms with Gasteiger partial charge in [-0.1, -0.05) is 25.5 Å². The minimum Gasteiger partial charge on any atom is -0.497 e. The smallest absolute Gasteiger partial charge is 0.239 e. The Kier molecular flexibility index (Phi) is 6.86. The average Bonchev–Trinajstić information content (AvgIpc) is 3.07. The maximum Gasteiger partial charge on any atom is 0.239 e. The van der Waals surface area contributed by atoms with E-state index in [1.807, 2.05) is 36.1 Å². The van der Waals surface area contributed by atoms with E-state index in [1.54, 1.807) is 7.11 Å². The van der Waals surface area contributed by atoms with Crippen LogP contribution in [0.4, 0.5) is 0 Å². The first kappa shape index (κ1) is 17.8. The van der Waals surface area contributed by atoms with Gasteiger partial charge in [0.2, 0.25) is 5.91 Å². The zero-order valence-corrected chi connectivity index (χ0v) is 14.2. The van der Waals surface area contributed by atoms with Gasteiger partial charge >= 0.3 is 0 Å². The molecule has 0 aromatic heterocycles. The molecule has 0 spiro atoms. The van der Waals surface area contributed by atoms with Gasteiger partial charge in [0.25, 0.3) is 0 Å². The first-order valence-corrected chi connectivity index (χ1v) is 8.43. The molecule has 2 rings (SSSR count). The number of benzene rings is 1. The van der Waals surface area contributed by atoms with Crippen LogP contribution in [0.2, 0.25) is 0 Å². The number of hydrogen-bond donors (Lipinski definition) is 1. The molecule has 128 valence electrons. The molecular formula is C18H28N2O3. The molecule has 0 radical (unpaired) electrons. The van der Waals surface area contributed by atoms with Crippen LogP contribution in [0.15, 0.2) is 24.3 Å². The first-order valence-electron chi connectivity index (χ1n) is 8.43. The summed E-state index contributed by atoms with van der Waals surface area (Å²) in [7, 11) is 1.64. The highest BCUT2D eigenvalue weighted by Gasteiger charge is 2.25. The van der Waals surface area contributed by atoms with E-state index in [0.717, 1.165) is 37.2 Å². The van der Waals surface area contributed by atoms with E-state index in [2.05, 4.69) is 0 Å². The molecule has 1 aliphatic heterocycles. The minimum atomic E-state index is -0.438. The summed E-state index contributed by atoms with van der Waals surface area (Å²) < 4.78 is 11.0. The van der Waals surface area contributed by atoms with E-state index in [0.29, 0.717) is 19.5 Å². The molecule has 1 saturated heterocycles. The highest BCUT2D eigenvalue weighted by Crippen LogP contribution is 2.18. The Hall–Kier alpha value is -1.59. The standard InChI is InChI=1S/C18H28N2O3/c1-3-6-17(19)18(21)20(13-16-9-5-10-23-16)12-14-7-4-8-15(11-14)22-2/h4,7-8,11,16-17H,3,5-6,9-10,12-13,19H2,1-2H3. The number of hydrogen-bond acceptors (Lipinski definition) is 4. The zero-order valence-electron chi connectivity index (χ0n) is 14.2. The molecule has 2 unspecified atom stereocenters. The third-order valence-electron chi connectivity index (χ3n) is 4.18. The van der Waals surface area contributed by atoms with E-state index < -0.39 is 6.04 Å². The monoisotopic (exact) mass is 320 g/mol. The van der Waals surface area contributed by atoms with Crippen LogP contribution in [0.5, 0.6) is 5.75 Å². The fourth-order valence-corrected chi connectivity index (χ4v) is 2.93. The topological polar surface area (TPSA) is 64.8 Å². The number of ether oxygens (including phenoxy) is 2. The SMILES string of the molecule is CCCC(N)C(=O)N(Cc1cccc(OC)c1)CC1CCCO1. The summed E-state index contributed by atoms with van der Waals surface area (Å²) in [5, 5.41) is 0. The molecule has 5 heteroatoms. The molecule has 1 heterocycles. The molecule has 23 heavy (non-hydrogen) atoms. The average molecular weight is 320 g/mol. The molecule has 1 aromatic rings. The fourth-order valence-electron chi connectivity index (χ4n) is 2.93. The van der Waals surface area contributed by atoms with Crippen molar-refractivity contribution >= 4 is 5.91 Å². The summed E-state index contributed by atoms with van der Waals surface area (Å²) in [6.45, 7) is 3.97. The predicted molar refractivity (Wildman–Crippen MR) is 90.3 cm³/mol. The molecule has 5 nitrogen and oxygen atoms in total. The fraction of sp³-hybridized carbons (Fsp3) is 0.611. The van der Waals surface area contributed by atoms with Crippen LogP contribution in [0.3, 0.4) is 0 Å². The largest absolute Gasteiger partial charge is 0.497 e. The number of rotatable bonds is 8. The lowest BCUT2D eigenvalue weighted by atomic mass is 10.1. The van der Waals surface area contributed by atoms with E-state index in [9.17, 15) is 4.79 Å². The summed E-state index contributed by atoms with van der Waals surface area (Å²) in [5.41, 5.74) is 7.10. The normalized spacial score (nSPS) is 18.7. The number of nitrogens with zero attached hydrogens (tertiary/aromatic N) is 1. The van der Waals surface area contributed by atoms with Crippen molar-refractivity contribution in [1.82, 2.24) is 4.90 Å². The van der Waals surface area contributed by atoms with Crippen molar-refractivity contribution in [3.63, 3.8) is 0 Å². The lowest BCUT2D eigenvalue weighted by Gasteiger charge is -2.28. The van der Waals surface area contributed by atoms with Gasteiger partial charge in [-0.05, 0) is 37.0 Å². The summed E-state index contributed by atoms with van der Waals surface area (Å²) in [5.74, 6) is 0.801. The second-order valence-corrected chi connectivity index (χ2v) is 6.10. The second-order valence-electron chi connectivity index (χ2n) is 6.10. The third-order valence-corrected chi connectivity index (χ3v) is 4.18. The lowest BCUT2D eigenvalue weighted by Crippen LogP contribution is -2.46. The van der Waals surface area contributed by atoms with E-state index >= 15 is 0 Å². The minimum absolute atomic E-state index is 0.00479. The Balaban J connectivity index is 2.09. The van der Waals surface area contributed by atoms with Crippen LogP contribution < -0.4 is 10.5 Å². The van der Waals surface area contributed by atoms with Crippen molar-refractivity contribution in [2.45, 2.75) is 51.3 Å². The summed E-state index contributed by atoms with van der Waals surface area (Å²) in [4.78, 5) is 14.5. The molecule has 1 aromatic carbocycles. The van der Waals surface area contributed by atoms with Crippen LogP contribution in [-0.4, -0.2) is 43.2 Å². The lowest BCUT2D eigenvalue weighted by molar-refractivity contribution is -0.135. The molecule has 1 aliphatic rings. The third kappa shape index (κ3) is 5.22. The van der Waals surface area contributed by atoms with Gasteiger partial charge in [-0.2, -0.15) is 0 Å². The first-order chi connectivity index (χ1) is 11.1. The highest BCUT2D eigenvalue weighted by molar-refractivity contribution is 5.81. The van der Waals surface area contributed by atoms with Crippen molar-refractivity contribution in [3.05, 3.63) is 29.8 Å². The zero-order chi connectivity index (χ0) is 16.7. The van der Waals surface area contributed by atoms with Crippen molar-refractivity contribution in [2.24, 2.45) is 5.73 Å². The van der Waals surface area contributed by atoms with Gasteiger partial charge in [-0.3, -0.25) is 4.79 Å². The van der Waals surface area contributed by atoms with Gasteiger partial charge in [-0.25, -0.2) is 0 Å². The van der Waals surface area contributed by atoms with Gasteiger partial charge < -0.3 is 20.1 Å². The van der Waals surface area contributed by atoms with Crippen LogP contribution in [0, 0.1) is 0 Å². The molecule has 1 amide bonds. The number of carbonyl (C=O) groups excluding carboxylic acids is 1. The maximum absolute atomic E-state index is 12.7. The molecule has 0 saturated carbocycles. The molecular weight excluding hydrogens is 292 g/mol. The molecule has 2 N–H and O–H groups in total. The maximum atomic E-state index is 12.7. The van der Waals surface area contributed by atoms with E-state index in [-0.39, 0.29) is 12.0 Å². The van der Waals surface area contributed by atoms with Crippen molar-refractivity contribution in [3.8, 4) is 5.75 Å². The number of carbonyl (C=O) groups is 1. The second kappa shape index (κ2) is 8.89. The van der Waals surface area contributed by atoms with E-state index in [4.69, 9.17) is 15.2 Å². The number of amides is 1. The Morgan fingerprint density at radius 1 is 1.52 bits per heavy atom. The van der Waals surface area contributed by atoms with Crippen LogP contribution in [-0.2, 0) is 16.1 Å². The quantitative estimate of drug-likeness (QED) is 0.798. The highest BCUT2D eigenvalue weighted by atomic mass is 16.5. The van der Waals surface area contributed by atoms with Crippen molar-refractivity contribution < 1.29 is 14.3 Å². The molecule has 2 atom stereocenters. The number of methoxy groups -OCH3 is 1. The Labute approximate surface area is 138 Å². The number of nitrogens with two attached hydrogens (primary N) is 1.